The normalized spacial score (nSPS) is 10.4. The number of ether oxygens (including phenoxy) is 1. The third-order valence-corrected chi connectivity index (χ3v) is 2.81. The van der Waals surface area contributed by atoms with E-state index in [4.69, 9.17) is 16.3 Å². The smallest absolute Gasteiger partial charge is 0.374 e. The number of carbonyl (C=O) groups excluding carboxylic acids is 1. The van der Waals surface area contributed by atoms with Gasteiger partial charge in [0.25, 0.3) is 0 Å². The monoisotopic (exact) mass is 264 g/mol. The Labute approximate surface area is 110 Å². The van der Waals surface area contributed by atoms with Gasteiger partial charge >= 0.3 is 5.97 Å². The number of benzene rings is 1. The minimum absolute atomic E-state index is 0.198. The number of nitrogens with one attached hydrogen (secondary N) is 1. The van der Waals surface area contributed by atoms with Crippen molar-refractivity contribution < 1.29 is 9.53 Å². The van der Waals surface area contributed by atoms with Crippen LogP contribution in [0.4, 0.5) is 0 Å². The minimum Gasteiger partial charge on any atom is -0.460 e. The number of H-pyrrole nitrogens is 1. The molecule has 1 heterocycles. The zero-order valence-electron chi connectivity index (χ0n) is 10.2. The summed E-state index contributed by atoms with van der Waals surface area (Å²) in [6.45, 7) is 3.91. The van der Waals surface area contributed by atoms with Gasteiger partial charge in [-0.2, -0.15) is 0 Å². The first-order chi connectivity index (χ1) is 8.63. The molecule has 2 aromatic rings. The highest BCUT2D eigenvalue weighted by Crippen LogP contribution is 2.28. The Balaban J connectivity index is 2.42. The standard InChI is InChI=1S/C13H13ClN2O2/c1-3-18-13(17)12-15-8(2)11(16-12)9-6-4-5-7-10(9)14/h4-7H,3H2,1-2H3,(H,15,16). The maximum Gasteiger partial charge on any atom is 0.374 e. The van der Waals surface area contributed by atoms with Gasteiger partial charge in [0.15, 0.2) is 0 Å². The Morgan fingerprint density at radius 3 is 2.83 bits per heavy atom. The lowest BCUT2D eigenvalue weighted by Crippen LogP contribution is -2.06. The zero-order chi connectivity index (χ0) is 13.1. The fourth-order valence-corrected chi connectivity index (χ4v) is 1.90. The molecule has 0 saturated carbocycles. The molecule has 0 aliphatic heterocycles. The maximum absolute atomic E-state index is 11.6. The van der Waals surface area contributed by atoms with Crippen LogP contribution in [0.1, 0.15) is 23.2 Å². The Morgan fingerprint density at radius 2 is 2.17 bits per heavy atom. The number of aromatic amines is 1. The summed E-state index contributed by atoms with van der Waals surface area (Å²) >= 11 is 6.11. The Bertz CT molecular complexity index is 578. The molecule has 0 aliphatic rings. The molecule has 0 spiro atoms. The van der Waals surface area contributed by atoms with Crippen LogP contribution in [-0.2, 0) is 4.74 Å². The predicted octanol–water partition coefficient (Wildman–Crippen LogP) is 3.22. The van der Waals surface area contributed by atoms with Crippen molar-refractivity contribution in [3.8, 4) is 11.3 Å². The molecule has 0 unspecified atom stereocenters. The number of imidazole rings is 1. The van der Waals surface area contributed by atoms with Crippen LogP contribution in [0.25, 0.3) is 11.3 Å². The number of esters is 1. The van der Waals surface area contributed by atoms with E-state index < -0.39 is 5.97 Å². The first kappa shape index (κ1) is 12.6. The number of carbonyl (C=O) groups is 1. The molecule has 5 heteroatoms. The molecule has 1 N–H and O–H groups in total. The van der Waals surface area contributed by atoms with Crippen LogP contribution in [0, 0.1) is 6.92 Å². The molecular weight excluding hydrogens is 252 g/mol. The first-order valence-electron chi connectivity index (χ1n) is 5.62. The van der Waals surface area contributed by atoms with Crippen LogP contribution in [0.5, 0.6) is 0 Å². The lowest BCUT2D eigenvalue weighted by atomic mass is 10.1. The summed E-state index contributed by atoms with van der Waals surface area (Å²) in [7, 11) is 0. The van der Waals surface area contributed by atoms with Crippen molar-refractivity contribution in [1.82, 2.24) is 9.97 Å². The minimum atomic E-state index is -0.459. The van der Waals surface area contributed by atoms with Crippen molar-refractivity contribution in [1.29, 1.82) is 0 Å². The van der Waals surface area contributed by atoms with Crippen molar-refractivity contribution >= 4 is 17.6 Å². The number of aromatic nitrogens is 2. The van der Waals surface area contributed by atoms with Crippen molar-refractivity contribution in [2.24, 2.45) is 0 Å². The molecule has 0 radical (unpaired) electrons. The van der Waals surface area contributed by atoms with E-state index in [9.17, 15) is 4.79 Å². The van der Waals surface area contributed by atoms with E-state index in [0.29, 0.717) is 17.3 Å². The largest absolute Gasteiger partial charge is 0.460 e. The van der Waals surface area contributed by atoms with Gasteiger partial charge in [0.05, 0.1) is 17.3 Å². The highest BCUT2D eigenvalue weighted by Gasteiger charge is 2.16. The van der Waals surface area contributed by atoms with Gasteiger partial charge in [0.2, 0.25) is 5.82 Å². The molecule has 1 aromatic heterocycles. The first-order valence-corrected chi connectivity index (χ1v) is 6.00. The molecule has 18 heavy (non-hydrogen) atoms. The molecule has 4 nitrogen and oxygen atoms in total. The second-order valence-corrected chi connectivity index (χ2v) is 4.17. The molecule has 94 valence electrons. The average Bonchev–Trinajstić information content (AvgIpc) is 2.72. The fourth-order valence-electron chi connectivity index (χ4n) is 1.67. The third-order valence-electron chi connectivity index (χ3n) is 2.48. The highest BCUT2D eigenvalue weighted by molar-refractivity contribution is 6.33. The molecule has 1 aromatic carbocycles. The number of hydrogen-bond donors (Lipinski definition) is 1. The van der Waals surface area contributed by atoms with E-state index in [1.807, 2.05) is 25.1 Å². The molecule has 0 bridgehead atoms. The Hall–Kier alpha value is -1.81. The number of halogens is 1. The molecule has 0 aliphatic carbocycles. The quantitative estimate of drug-likeness (QED) is 0.866. The zero-order valence-corrected chi connectivity index (χ0v) is 10.9. The van der Waals surface area contributed by atoms with Crippen LogP contribution in [0.15, 0.2) is 24.3 Å². The molecule has 2 rings (SSSR count). The third kappa shape index (κ3) is 2.38. The van der Waals surface area contributed by atoms with Gasteiger partial charge in [0.1, 0.15) is 0 Å². The molecule has 0 amide bonds. The van der Waals surface area contributed by atoms with Gasteiger partial charge < -0.3 is 9.72 Å². The fraction of sp³-hybridized carbons (Fsp3) is 0.231. The van der Waals surface area contributed by atoms with Gasteiger partial charge in [0, 0.05) is 11.3 Å². The van der Waals surface area contributed by atoms with E-state index in [0.717, 1.165) is 11.3 Å². The SMILES string of the molecule is CCOC(=O)c1nc(-c2ccccc2Cl)c(C)[nH]1. The molecule has 0 atom stereocenters. The number of hydrogen-bond acceptors (Lipinski definition) is 3. The van der Waals surface area contributed by atoms with E-state index in [1.165, 1.54) is 0 Å². The van der Waals surface area contributed by atoms with Gasteiger partial charge in [-0.25, -0.2) is 9.78 Å². The van der Waals surface area contributed by atoms with Crippen molar-refractivity contribution in [2.45, 2.75) is 13.8 Å². The second kappa shape index (κ2) is 5.23. The topological polar surface area (TPSA) is 55.0 Å². The molecule has 0 fully saturated rings. The summed E-state index contributed by atoms with van der Waals surface area (Å²) in [4.78, 5) is 18.7. The van der Waals surface area contributed by atoms with Crippen LogP contribution >= 0.6 is 11.6 Å². The summed E-state index contributed by atoms with van der Waals surface area (Å²) in [5.74, 6) is -0.261. The molecular formula is C13H13ClN2O2. The summed E-state index contributed by atoms with van der Waals surface area (Å²) in [6.07, 6.45) is 0. The lowest BCUT2D eigenvalue weighted by molar-refractivity contribution is 0.0513. The summed E-state index contributed by atoms with van der Waals surface area (Å²) < 4.78 is 4.90. The van der Waals surface area contributed by atoms with Crippen molar-refractivity contribution in [3.05, 3.63) is 40.8 Å². The Morgan fingerprint density at radius 1 is 1.44 bits per heavy atom. The van der Waals surface area contributed by atoms with E-state index in [-0.39, 0.29) is 5.82 Å². The second-order valence-electron chi connectivity index (χ2n) is 3.76. The van der Waals surface area contributed by atoms with Crippen molar-refractivity contribution in [3.63, 3.8) is 0 Å². The summed E-state index contributed by atoms with van der Waals surface area (Å²) in [5, 5.41) is 0.600. The number of aryl methyl sites for hydroxylation is 1. The van der Waals surface area contributed by atoms with Gasteiger partial charge in [-0.3, -0.25) is 0 Å². The van der Waals surface area contributed by atoms with E-state index >= 15 is 0 Å². The average molecular weight is 265 g/mol. The van der Waals surface area contributed by atoms with Gasteiger partial charge in [-0.1, -0.05) is 29.8 Å². The number of rotatable bonds is 3. The van der Waals surface area contributed by atoms with E-state index in [2.05, 4.69) is 9.97 Å². The predicted molar refractivity (Wildman–Crippen MR) is 69.7 cm³/mol. The van der Waals surface area contributed by atoms with Crippen LogP contribution in [-0.4, -0.2) is 22.5 Å². The van der Waals surface area contributed by atoms with Gasteiger partial charge in [-0.05, 0) is 19.9 Å². The Kier molecular flexibility index (Phi) is 3.67. The van der Waals surface area contributed by atoms with E-state index in [1.54, 1.807) is 13.0 Å². The van der Waals surface area contributed by atoms with Crippen LogP contribution in [0.2, 0.25) is 5.02 Å². The summed E-state index contributed by atoms with van der Waals surface area (Å²) in [6, 6.07) is 7.37. The lowest BCUT2D eigenvalue weighted by Gasteiger charge is -2.00. The highest BCUT2D eigenvalue weighted by atomic mass is 35.5. The van der Waals surface area contributed by atoms with Crippen LogP contribution in [0.3, 0.4) is 0 Å². The molecule has 0 saturated heterocycles. The van der Waals surface area contributed by atoms with Crippen LogP contribution < -0.4 is 0 Å². The van der Waals surface area contributed by atoms with Crippen molar-refractivity contribution in [2.75, 3.05) is 6.61 Å². The van der Waals surface area contributed by atoms with Gasteiger partial charge in [-0.15, -0.1) is 0 Å². The summed E-state index contributed by atoms with van der Waals surface area (Å²) in [5.41, 5.74) is 2.25. The number of nitrogens with zero attached hydrogens (tertiary/aromatic N) is 1. The maximum atomic E-state index is 11.6.